The molecule has 1 aromatic heterocycles. The molecule has 0 atom stereocenters. The lowest BCUT2D eigenvalue weighted by atomic mass is 10.1. The summed E-state index contributed by atoms with van der Waals surface area (Å²) in [6, 6.07) is 11.4. The van der Waals surface area contributed by atoms with Crippen LogP contribution >= 0.6 is 0 Å². The number of aryl methyl sites for hydroxylation is 1. The van der Waals surface area contributed by atoms with Gasteiger partial charge in [-0.1, -0.05) is 29.8 Å². The van der Waals surface area contributed by atoms with E-state index in [4.69, 9.17) is 5.73 Å². The standard InChI is InChI=1S/C14H15N3O/c1-10-4-6-11(7-5-10)9-17-14(18)12-3-2-8-16-13(12)15/h2-8H,9H2,1H3,(H2,15,16)(H,17,18). The monoisotopic (exact) mass is 241 g/mol. The van der Waals surface area contributed by atoms with Gasteiger partial charge in [-0.25, -0.2) is 4.98 Å². The molecule has 18 heavy (non-hydrogen) atoms. The molecule has 92 valence electrons. The van der Waals surface area contributed by atoms with Crippen LogP contribution in [0.2, 0.25) is 0 Å². The third kappa shape index (κ3) is 2.85. The molecule has 0 aliphatic heterocycles. The molecule has 2 aromatic rings. The molecular formula is C14H15N3O. The molecule has 2 rings (SSSR count). The zero-order chi connectivity index (χ0) is 13.0. The summed E-state index contributed by atoms with van der Waals surface area (Å²) in [6.07, 6.45) is 1.56. The second kappa shape index (κ2) is 5.31. The average Bonchev–Trinajstić information content (AvgIpc) is 2.38. The number of nitrogens with two attached hydrogens (primary N) is 1. The van der Waals surface area contributed by atoms with Crippen molar-refractivity contribution in [1.29, 1.82) is 0 Å². The Labute approximate surface area is 106 Å². The summed E-state index contributed by atoms with van der Waals surface area (Å²) in [4.78, 5) is 15.8. The molecule has 0 spiro atoms. The van der Waals surface area contributed by atoms with Crippen molar-refractivity contribution in [3.8, 4) is 0 Å². The fourth-order valence-corrected chi connectivity index (χ4v) is 1.59. The van der Waals surface area contributed by atoms with E-state index in [1.165, 1.54) is 5.56 Å². The van der Waals surface area contributed by atoms with Gasteiger partial charge >= 0.3 is 0 Å². The van der Waals surface area contributed by atoms with E-state index in [0.717, 1.165) is 5.56 Å². The summed E-state index contributed by atoms with van der Waals surface area (Å²) < 4.78 is 0. The van der Waals surface area contributed by atoms with Gasteiger partial charge in [-0.15, -0.1) is 0 Å². The second-order valence-corrected chi connectivity index (χ2v) is 4.10. The number of anilines is 1. The van der Waals surface area contributed by atoms with Gasteiger partial charge in [0.25, 0.3) is 5.91 Å². The van der Waals surface area contributed by atoms with Crippen molar-refractivity contribution < 1.29 is 4.79 Å². The molecular weight excluding hydrogens is 226 g/mol. The Morgan fingerprint density at radius 3 is 2.67 bits per heavy atom. The topological polar surface area (TPSA) is 68.0 Å². The third-order valence-electron chi connectivity index (χ3n) is 2.66. The van der Waals surface area contributed by atoms with E-state index < -0.39 is 0 Å². The molecule has 0 bridgehead atoms. The SMILES string of the molecule is Cc1ccc(CNC(=O)c2cccnc2N)cc1. The van der Waals surface area contributed by atoms with Gasteiger partial charge in [0.1, 0.15) is 5.82 Å². The van der Waals surface area contributed by atoms with Crippen molar-refractivity contribution in [2.45, 2.75) is 13.5 Å². The minimum absolute atomic E-state index is 0.207. The molecule has 0 aliphatic carbocycles. The number of carbonyl (C=O) groups excluding carboxylic acids is 1. The van der Waals surface area contributed by atoms with Crippen molar-refractivity contribution >= 4 is 11.7 Å². The molecule has 0 aliphatic rings. The third-order valence-corrected chi connectivity index (χ3v) is 2.66. The molecule has 0 fully saturated rings. The molecule has 1 amide bonds. The largest absolute Gasteiger partial charge is 0.383 e. The number of nitrogens with one attached hydrogen (secondary N) is 1. The molecule has 0 unspecified atom stereocenters. The van der Waals surface area contributed by atoms with E-state index in [-0.39, 0.29) is 11.7 Å². The normalized spacial score (nSPS) is 10.1. The summed E-state index contributed by atoms with van der Waals surface area (Å²) in [5, 5.41) is 2.82. The fraction of sp³-hybridized carbons (Fsp3) is 0.143. The number of nitrogens with zero attached hydrogens (tertiary/aromatic N) is 1. The maximum Gasteiger partial charge on any atom is 0.255 e. The summed E-state index contributed by atoms with van der Waals surface area (Å²) in [5.74, 6) is 0.0417. The number of carbonyl (C=O) groups is 1. The molecule has 1 aromatic carbocycles. The Morgan fingerprint density at radius 1 is 1.28 bits per heavy atom. The van der Waals surface area contributed by atoms with Gasteiger partial charge in [-0.2, -0.15) is 0 Å². The maximum atomic E-state index is 11.9. The van der Waals surface area contributed by atoms with E-state index in [1.54, 1.807) is 18.3 Å². The van der Waals surface area contributed by atoms with Crippen LogP contribution in [0.25, 0.3) is 0 Å². The lowest BCUT2D eigenvalue weighted by Crippen LogP contribution is -2.24. The van der Waals surface area contributed by atoms with Crippen LogP contribution in [0.5, 0.6) is 0 Å². The molecule has 0 radical (unpaired) electrons. The van der Waals surface area contributed by atoms with Crippen molar-refractivity contribution in [2.75, 3.05) is 5.73 Å². The Morgan fingerprint density at radius 2 is 2.00 bits per heavy atom. The Balaban J connectivity index is 2.01. The average molecular weight is 241 g/mol. The van der Waals surface area contributed by atoms with E-state index >= 15 is 0 Å². The van der Waals surface area contributed by atoms with Crippen molar-refractivity contribution in [2.24, 2.45) is 0 Å². The molecule has 4 nitrogen and oxygen atoms in total. The second-order valence-electron chi connectivity index (χ2n) is 4.10. The molecule has 0 saturated carbocycles. The van der Waals surface area contributed by atoms with E-state index in [0.29, 0.717) is 12.1 Å². The molecule has 3 N–H and O–H groups in total. The Hall–Kier alpha value is -2.36. The van der Waals surface area contributed by atoms with E-state index in [2.05, 4.69) is 10.3 Å². The van der Waals surface area contributed by atoms with E-state index in [9.17, 15) is 4.79 Å². The highest BCUT2D eigenvalue weighted by molar-refractivity contribution is 5.98. The van der Waals surface area contributed by atoms with Gasteiger partial charge in [-0.3, -0.25) is 4.79 Å². The zero-order valence-corrected chi connectivity index (χ0v) is 10.2. The summed E-state index contributed by atoms with van der Waals surface area (Å²) in [7, 11) is 0. The minimum Gasteiger partial charge on any atom is -0.383 e. The number of nitrogen functional groups attached to an aromatic ring is 1. The number of aromatic nitrogens is 1. The number of benzene rings is 1. The number of hydrogen-bond acceptors (Lipinski definition) is 3. The predicted octanol–water partition coefficient (Wildman–Crippen LogP) is 1.90. The van der Waals surface area contributed by atoms with Gasteiger partial charge in [-0.05, 0) is 24.6 Å². The van der Waals surface area contributed by atoms with Crippen molar-refractivity contribution in [1.82, 2.24) is 10.3 Å². The van der Waals surface area contributed by atoms with Crippen LogP contribution in [0.15, 0.2) is 42.6 Å². The number of amides is 1. The Bertz CT molecular complexity index is 549. The fourth-order valence-electron chi connectivity index (χ4n) is 1.59. The highest BCUT2D eigenvalue weighted by Crippen LogP contribution is 2.07. The van der Waals surface area contributed by atoms with Gasteiger partial charge < -0.3 is 11.1 Å². The first-order valence-corrected chi connectivity index (χ1v) is 5.71. The first-order chi connectivity index (χ1) is 8.66. The van der Waals surface area contributed by atoms with E-state index in [1.807, 2.05) is 31.2 Å². The van der Waals surface area contributed by atoms with Crippen molar-refractivity contribution in [3.05, 3.63) is 59.3 Å². The first kappa shape index (κ1) is 12.1. The molecule has 0 saturated heterocycles. The van der Waals surface area contributed by atoms with Gasteiger partial charge in [0.2, 0.25) is 0 Å². The van der Waals surface area contributed by atoms with Gasteiger partial charge in [0.05, 0.1) is 5.56 Å². The van der Waals surface area contributed by atoms with Crippen LogP contribution in [-0.4, -0.2) is 10.9 Å². The quantitative estimate of drug-likeness (QED) is 0.862. The summed E-state index contributed by atoms with van der Waals surface area (Å²) in [6.45, 7) is 2.51. The lowest BCUT2D eigenvalue weighted by molar-refractivity contribution is 0.0951. The molecule has 1 heterocycles. The van der Waals surface area contributed by atoms with Gasteiger partial charge in [0, 0.05) is 12.7 Å². The Kier molecular flexibility index (Phi) is 3.57. The minimum atomic E-state index is -0.207. The van der Waals surface area contributed by atoms with Crippen LogP contribution in [0, 0.1) is 6.92 Å². The van der Waals surface area contributed by atoms with Crippen LogP contribution in [0.1, 0.15) is 21.5 Å². The number of rotatable bonds is 3. The highest BCUT2D eigenvalue weighted by atomic mass is 16.1. The molecule has 4 heteroatoms. The smallest absolute Gasteiger partial charge is 0.255 e. The maximum absolute atomic E-state index is 11.9. The predicted molar refractivity (Wildman–Crippen MR) is 71.0 cm³/mol. The highest BCUT2D eigenvalue weighted by Gasteiger charge is 2.08. The number of pyridine rings is 1. The van der Waals surface area contributed by atoms with Crippen LogP contribution < -0.4 is 11.1 Å². The van der Waals surface area contributed by atoms with Crippen LogP contribution in [0.3, 0.4) is 0 Å². The summed E-state index contributed by atoms with van der Waals surface area (Å²) in [5.41, 5.74) is 8.29. The van der Waals surface area contributed by atoms with Gasteiger partial charge in [0.15, 0.2) is 0 Å². The van der Waals surface area contributed by atoms with Crippen LogP contribution in [0.4, 0.5) is 5.82 Å². The van der Waals surface area contributed by atoms with Crippen LogP contribution in [-0.2, 0) is 6.54 Å². The number of hydrogen-bond donors (Lipinski definition) is 2. The lowest BCUT2D eigenvalue weighted by Gasteiger charge is -2.07. The summed E-state index contributed by atoms with van der Waals surface area (Å²) >= 11 is 0. The van der Waals surface area contributed by atoms with Crippen molar-refractivity contribution in [3.63, 3.8) is 0 Å². The first-order valence-electron chi connectivity index (χ1n) is 5.71. The zero-order valence-electron chi connectivity index (χ0n) is 10.2.